The number of nitrogens with two attached hydrogens (primary N) is 2. The van der Waals surface area contributed by atoms with E-state index in [1.54, 1.807) is 86.6 Å². The lowest BCUT2D eigenvalue weighted by molar-refractivity contribution is -0.151. The van der Waals surface area contributed by atoms with Gasteiger partial charge < -0.3 is 15.6 Å². The number of ether oxygens (including phenoxy) is 1. The zero-order valence-corrected chi connectivity index (χ0v) is 55.6. The fraction of sp³-hybridized carbons (Fsp3) is 0.152. The second kappa shape index (κ2) is 31.8. The van der Waals surface area contributed by atoms with Crippen LogP contribution >= 0.6 is 46.4 Å². The minimum atomic E-state index is -4.81. The van der Waals surface area contributed by atoms with E-state index in [-0.39, 0.29) is 72.4 Å². The van der Waals surface area contributed by atoms with Crippen LogP contribution in [-0.4, -0.2) is 65.5 Å². The molecule has 3 aliphatic heterocycles. The molecule has 0 saturated carbocycles. The number of nitrogen functional groups attached to an aromatic ring is 2. The Labute approximate surface area is 584 Å². The molecule has 3 aliphatic rings. The highest BCUT2D eigenvalue weighted by molar-refractivity contribution is 6.33. The molecular formula is C66H50Cl4F12N12O7. The van der Waals surface area contributed by atoms with Crippen molar-refractivity contribution in [3.63, 3.8) is 0 Å². The van der Waals surface area contributed by atoms with Crippen LogP contribution in [0.4, 0.5) is 75.7 Å². The summed E-state index contributed by atoms with van der Waals surface area (Å²) in [6.07, 6.45) is -18.7. The molecule has 0 aliphatic carbocycles. The molecule has 8 aromatic rings. The van der Waals surface area contributed by atoms with Gasteiger partial charge in [0.1, 0.15) is 44.2 Å². The first-order valence-electron chi connectivity index (χ1n) is 28.6. The SMILES string of the molecule is CC1=C(C)C(=O)N(Nc2cc(Cl)c(C(F)(F)F)c(-c3ccccc3)n2)C1=O.CC1=C(C)C(=O)N(Nc2cc(Cl)nc(-c3ccccc3)c2C(F)(F)F)C1=O.CC1=C(C)C(=O)OC1=O.NNc1cc(Cl)c(C(F)(F)F)c(-c2ccccc2)n1.NNc1cc(Cl)nc(-c2ccccc2)c1C(F)(F)F. The molecule has 0 radical (unpaired) electrons. The predicted octanol–water partition coefficient (Wildman–Crippen LogP) is 16.7. The number of carbonyl (C=O) groups is 6. The first-order valence-corrected chi connectivity index (χ1v) is 30.1. The number of nitrogens with zero attached hydrogens (tertiary/aromatic N) is 6. The van der Waals surface area contributed by atoms with Crippen molar-refractivity contribution < 1.29 is 86.2 Å². The third kappa shape index (κ3) is 18.3. The van der Waals surface area contributed by atoms with Gasteiger partial charge in [-0.1, -0.05) is 168 Å². The van der Waals surface area contributed by atoms with E-state index in [1.165, 1.54) is 76.2 Å². The average Bonchev–Trinajstić information content (AvgIpc) is 1.64. The molecule has 8 N–H and O–H groups in total. The van der Waals surface area contributed by atoms with Gasteiger partial charge in [-0.25, -0.2) is 35.4 Å². The van der Waals surface area contributed by atoms with E-state index < -0.39 is 110 Å². The van der Waals surface area contributed by atoms with Crippen LogP contribution in [0.3, 0.4) is 0 Å². The van der Waals surface area contributed by atoms with Gasteiger partial charge in [-0.3, -0.25) is 35.9 Å². The van der Waals surface area contributed by atoms with Crippen LogP contribution in [-0.2, 0) is 58.2 Å². The highest BCUT2D eigenvalue weighted by atomic mass is 35.5. The predicted molar refractivity (Wildman–Crippen MR) is 352 cm³/mol. The van der Waals surface area contributed by atoms with Crippen LogP contribution in [0.2, 0.25) is 20.4 Å². The Hall–Kier alpha value is -10.4. The number of esters is 2. The average molecular weight is 1490 g/mol. The summed E-state index contributed by atoms with van der Waals surface area (Å²) in [5.41, 5.74) is 5.29. The van der Waals surface area contributed by atoms with Gasteiger partial charge in [0.15, 0.2) is 0 Å². The number of cyclic esters (lactones) is 2. The monoisotopic (exact) mass is 1490 g/mol. The zero-order chi connectivity index (χ0) is 75.0. The third-order valence-corrected chi connectivity index (χ3v) is 15.6. The second-order valence-corrected chi connectivity index (χ2v) is 22.7. The first-order chi connectivity index (χ1) is 47.2. The number of aromatic nitrogens is 4. The molecule has 101 heavy (non-hydrogen) atoms. The van der Waals surface area contributed by atoms with Crippen LogP contribution in [0.25, 0.3) is 45.0 Å². The molecule has 0 saturated heterocycles. The van der Waals surface area contributed by atoms with Gasteiger partial charge in [0.2, 0.25) is 0 Å². The smallest absolute Gasteiger partial charge is 0.386 e. The Morgan fingerprint density at radius 2 is 0.634 bits per heavy atom. The van der Waals surface area contributed by atoms with Crippen molar-refractivity contribution in [2.24, 2.45) is 11.7 Å². The Morgan fingerprint density at radius 3 is 0.921 bits per heavy atom. The first kappa shape index (κ1) is 77.9. The van der Waals surface area contributed by atoms with Crippen molar-refractivity contribution >= 4 is 105 Å². The Morgan fingerprint density at radius 1 is 0.356 bits per heavy atom. The van der Waals surface area contributed by atoms with Gasteiger partial charge in [0.25, 0.3) is 23.6 Å². The summed E-state index contributed by atoms with van der Waals surface area (Å²) in [6.45, 7) is 8.97. The summed E-state index contributed by atoms with van der Waals surface area (Å²) in [5.74, 6) is 6.53. The van der Waals surface area contributed by atoms with Crippen molar-refractivity contribution in [1.29, 1.82) is 0 Å². The molecular weight excluding hydrogens is 1440 g/mol. The number of carbonyl (C=O) groups excluding carboxylic acids is 6. The van der Waals surface area contributed by atoms with Crippen molar-refractivity contribution in [1.82, 2.24) is 30.0 Å². The van der Waals surface area contributed by atoms with E-state index in [4.69, 9.17) is 58.1 Å². The lowest BCUT2D eigenvalue weighted by Gasteiger charge is -2.22. The van der Waals surface area contributed by atoms with Crippen LogP contribution in [0, 0.1) is 0 Å². The van der Waals surface area contributed by atoms with E-state index in [0.29, 0.717) is 32.3 Å². The summed E-state index contributed by atoms with van der Waals surface area (Å²) in [7, 11) is 0. The minimum Gasteiger partial charge on any atom is -0.386 e. The Bertz CT molecular complexity index is 4480. The number of anilines is 4. The molecule has 19 nitrogen and oxygen atoms in total. The van der Waals surface area contributed by atoms with Crippen LogP contribution in [0.1, 0.15) is 63.8 Å². The molecule has 0 unspecified atom stereocenters. The van der Waals surface area contributed by atoms with Crippen molar-refractivity contribution in [2.75, 3.05) is 21.7 Å². The van der Waals surface area contributed by atoms with E-state index in [9.17, 15) is 81.5 Å². The maximum absolute atomic E-state index is 13.8. The summed E-state index contributed by atoms with van der Waals surface area (Å²) in [4.78, 5) is 85.0. The number of alkyl halides is 12. The van der Waals surface area contributed by atoms with Gasteiger partial charge in [0.05, 0.1) is 44.2 Å². The van der Waals surface area contributed by atoms with Crippen molar-refractivity contribution in [2.45, 2.75) is 66.2 Å². The molecule has 7 heterocycles. The molecule has 4 amide bonds. The Balaban J connectivity index is 0.000000183. The molecule has 4 aromatic heterocycles. The summed E-state index contributed by atoms with van der Waals surface area (Å²) >= 11 is 23.2. The quantitative estimate of drug-likeness (QED) is 0.0141. The minimum absolute atomic E-state index is 0.0665. The largest absolute Gasteiger partial charge is 0.420 e. The topological polar surface area (TPSA) is 270 Å². The highest BCUT2D eigenvalue weighted by Gasteiger charge is 2.44. The molecule has 11 rings (SSSR count). The standard InChI is InChI=1S/2C18H13ClF3N3O2.2C12H9ClF3N3.C6H6O3/c1-9-10(2)17(27)25(16(9)26)24-12-8-13(19)23-15(14(12)18(20,21)22)11-6-4-3-5-7-11;1-9-10(2)17(27)25(16(9)26)24-13-8-12(19)14(18(20,21)22)15(23-13)11-6-4-3-5-7-11;13-9-6-8(19-17)10(12(14,15)16)11(18-9)7-4-2-1-3-5-7;13-8-6-9(19-17)18-11(10(8)12(14,15)16)7-4-2-1-3-5-7;1-3-4(2)6(8)9-5(3)7/h2*3-8H,1-2H3,(H,23,24);2*1-6H,17H2,(H,18,19);1-2H3. The lowest BCUT2D eigenvalue weighted by Crippen LogP contribution is -2.37. The molecule has 528 valence electrons. The lowest BCUT2D eigenvalue weighted by atomic mass is 10.0. The van der Waals surface area contributed by atoms with Crippen LogP contribution in [0.5, 0.6) is 0 Å². The van der Waals surface area contributed by atoms with Gasteiger partial charge in [-0.2, -0.15) is 62.7 Å². The molecule has 4 aromatic carbocycles. The number of amides is 4. The van der Waals surface area contributed by atoms with Gasteiger partial charge >= 0.3 is 36.6 Å². The molecule has 0 atom stereocenters. The maximum atomic E-state index is 13.8. The molecule has 0 fully saturated rings. The molecule has 0 bridgehead atoms. The van der Waals surface area contributed by atoms with Crippen LogP contribution < -0.4 is 33.4 Å². The van der Waals surface area contributed by atoms with E-state index >= 15 is 0 Å². The number of hydrogen-bond acceptors (Lipinski definition) is 17. The molecule has 0 spiro atoms. The van der Waals surface area contributed by atoms with E-state index in [0.717, 1.165) is 24.3 Å². The summed E-state index contributed by atoms with van der Waals surface area (Å²) in [6, 6.07) is 35.3. The molecule has 35 heteroatoms. The number of nitrogens with one attached hydrogen (secondary N) is 4. The third-order valence-electron chi connectivity index (χ3n) is 14.6. The number of hydrazine groups is 4. The highest BCUT2D eigenvalue weighted by Crippen LogP contribution is 2.46. The van der Waals surface area contributed by atoms with Crippen LogP contribution in [0.15, 0.2) is 179 Å². The van der Waals surface area contributed by atoms with Crippen molar-refractivity contribution in [3.05, 3.63) is 222 Å². The number of rotatable bonds is 10. The second-order valence-electron chi connectivity index (χ2n) is 21.1. The fourth-order valence-electron chi connectivity index (χ4n) is 9.20. The number of halogens is 16. The maximum Gasteiger partial charge on any atom is 0.420 e. The number of benzene rings is 4. The number of pyridine rings is 4. The summed E-state index contributed by atoms with van der Waals surface area (Å²) < 4.78 is 165. The fourth-order valence-corrected chi connectivity index (χ4v) is 10.2. The van der Waals surface area contributed by atoms with E-state index in [1.807, 2.05) is 5.43 Å². The number of hydrogen-bond donors (Lipinski definition) is 6. The summed E-state index contributed by atoms with van der Waals surface area (Å²) in [5, 5.41) is -0.0931. The van der Waals surface area contributed by atoms with Gasteiger partial charge in [-0.05, 0) is 41.5 Å². The normalized spacial score (nSPS) is 14.0. The zero-order valence-electron chi connectivity index (χ0n) is 52.6. The van der Waals surface area contributed by atoms with Gasteiger partial charge in [-0.15, -0.1) is 0 Å². The Kier molecular flexibility index (Phi) is 24.5. The van der Waals surface area contributed by atoms with Gasteiger partial charge in [0, 0.05) is 80.0 Å². The van der Waals surface area contributed by atoms with Crippen molar-refractivity contribution in [3.8, 4) is 45.0 Å². The number of imide groups is 2. The van der Waals surface area contributed by atoms with E-state index in [2.05, 4.69) is 41.0 Å².